The van der Waals surface area contributed by atoms with Crippen LogP contribution in [0.25, 0.3) is 0 Å². The van der Waals surface area contributed by atoms with Crippen molar-refractivity contribution in [3.63, 3.8) is 0 Å². The SMILES string of the molecule is CN(CCS(C)(=O)=O)C(=O)NC1(C(=O)O)CCCCC1. The predicted molar refractivity (Wildman–Crippen MR) is 74.3 cm³/mol. The highest BCUT2D eigenvalue weighted by Gasteiger charge is 2.41. The second kappa shape index (κ2) is 6.43. The molecule has 0 aromatic rings. The van der Waals surface area contributed by atoms with Crippen LogP contribution >= 0.6 is 0 Å². The Hall–Kier alpha value is -1.31. The van der Waals surface area contributed by atoms with Gasteiger partial charge in [-0.05, 0) is 12.8 Å². The molecule has 7 nitrogen and oxygen atoms in total. The lowest BCUT2D eigenvalue weighted by molar-refractivity contribution is -0.145. The van der Waals surface area contributed by atoms with Gasteiger partial charge < -0.3 is 15.3 Å². The fourth-order valence-corrected chi connectivity index (χ4v) is 2.86. The van der Waals surface area contributed by atoms with Gasteiger partial charge in [0.15, 0.2) is 0 Å². The maximum absolute atomic E-state index is 12.0. The quantitative estimate of drug-likeness (QED) is 0.768. The van der Waals surface area contributed by atoms with Crippen molar-refractivity contribution in [3.8, 4) is 0 Å². The van der Waals surface area contributed by atoms with Gasteiger partial charge in [0.05, 0.1) is 5.75 Å². The number of rotatable bonds is 5. The molecule has 116 valence electrons. The highest BCUT2D eigenvalue weighted by molar-refractivity contribution is 7.90. The molecule has 0 heterocycles. The number of nitrogens with one attached hydrogen (secondary N) is 1. The number of amides is 2. The number of carboxylic acid groups (broad SMARTS) is 1. The van der Waals surface area contributed by atoms with Crippen LogP contribution in [0.4, 0.5) is 4.79 Å². The average molecular weight is 306 g/mol. The van der Waals surface area contributed by atoms with Crippen LogP contribution in [0.15, 0.2) is 0 Å². The first kappa shape index (κ1) is 16.7. The van der Waals surface area contributed by atoms with Crippen molar-refractivity contribution >= 4 is 21.8 Å². The molecule has 0 saturated heterocycles. The molecule has 0 bridgehead atoms. The largest absolute Gasteiger partial charge is 0.480 e. The third kappa shape index (κ3) is 4.66. The van der Waals surface area contributed by atoms with E-state index in [0.717, 1.165) is 25.5 Å². The van der Waals surface area contributed by atoms with Crippen molar-refractivity contribution < 1.29 is 23.1 Å². The zero-order valence-corrected chi connectivity index (χ0v) is 12.7. The van der Waals surface area contributed by atoms with E-state index in [1.54, 1.807) is 0 Å². The van der Waals surface area contributed by atoms with Crippen molar-refractivity contribution in [2.75, 3.05) is 25.6 Å². The number of carboxylic acids is 1. The number of urea groups is 1. The molecular weight excluding hydrogens is 284 g/mol. The molecule has 0 spiro atoms. The smallest absolute Gasteiger partial charge is 0.329 e. The van der Waals surface area contributed by atoms with Crippen LogP contribution in [0.3, 0.4) is 0 Å². The molecule has 0 unspecified atom stereocenters. The molecule has 0 atom stereocenters. The summed E-state index contributed by atoms with van der Waals surface area (Å²) in [6.07, 6.45) is 4.41. The van der Waals surface area contributed by atoms with Gasteiger partial charge in [0.2, 0.25) is 0 Å². The zero-order chi connectivity index (χ0) is 15.4. The zero-order valence-electron chi connectivity index (χ0n) is 11.9. The van der Waals surface area contributed by atoms with E-state index in [1.165, 1.54) is 11.9 Å². The monoisotopic (exact) mass is 306 g/mol. The van der Waals surface area contributed by atoms with Crippen LogP contribution in [0.5, 0.6) is 0 Å². The number of hydrogen-bond acceptors (Lipinski definition) is 4. The first-order valence-corrected chi connectivity index (χ1v) is 8.67. The van der Waals surface area contributed by atoms with Gasteiger partial charge in [-0.15, -0.1) is 0 Å². The third-order valence-electron chi connectivity index (χ3n) is 3.61. The number of hydrogen-bond donors (Lipinski definition) is 2. The summed E-state index contributed by atoms with van der Waals surface area (Å²) >= 11 is 0. The number of sulfone groups is 1. The third-order valence-corrected chi connectivity index (χ3v) is 4.53. The molecule has 1 saturated carbocycles. The molecule has 1 aliphatic carbocycles. The molecule has 2 N–H and O–H groups in total. The van der Waals surface area contributed by atoms with Gasteiger partial charge in [0, 0.05) is 19.8 Å². The summed E-state index contributed by atoms with van der Waals surface area (Å²) in [6.45, 7) is 0.0420. The Morgan fingerprint density at radius 3 is 2.25 bits per heavy atom. The number of carbonyl (C=O) groups is 2. The van der Waals surface area contributed by atoms with E-state index < -0.39 is 27.4 Å². The van der Waals surface area contributed by atoms with Crippen molar-refractivity contribution in [2.24, 2.45) is 0 Å². The number of aliphatic carboxylic acids is 1. The lowest BCUT2D eigenvalue weighted by Crippen LogP contribution is -2.58. The van der Waals surface area contributed by atoms with E-state index in [-0.39, 0.29) is 12.3 Å². The maximum Gasteiger partial charge on any atom is 0.329 e. The molecule has 2 amide bonds. The van der Waals surface area contributed by atoms with Gasteiger partial charge >= 0.3 is 12.0 Å². The molecule has 1 rings (SSSR count). The summed E-state index contributed by atoms with van der Waals surface area (Å²) in [6, 6.07) is -0.544. The predicted octanol–water partition coefficient (Wildman–Crippen LogP) is 0.460. The summed E-state index contributed by atoms with van der Waals surface area (Å²) in [5.74, 6) is -1.17. The normalized spacial score (nSPS) is 18.3. The fraction of sp³-hybridized carbons (Fsp3) is 0.833. The van der Waals surface area contributed by atoms with Crippen molar-refractivity contribution in [2.45, 2.75) is 37.6 Å². The van der Waals surface area contributed by atoms with Crippen LogP contribution in [-0.4, -0.2) is 61.6 Å². The van der Waals surface area contributed by atoms with Crippen LogP contribution in [0.2, 0.25) is 0 Å². The summed E-state index contributed by atoms with van der Waals surface area (Å²) < 4.78 is 22.1. The van der Waals surface area contributed by atoms with E-state index in [2.05, 4.69) is 5.32 Å². The van der Waals surface area contributed by atoms with Gasteiger partial charge in [0.1, 0.15) is 15.4 Å². The van der Waals surface area contributed by atoms with Crippen molar-refractivity contribution in [3.05, 3.63) is 0 Å². The summed E-state index contributed by atoms with van der Waals surface area (Å²) in [5.41, 5.74) is -1.21. The minimum atomic E-state index is -3.16. The van der Waals surface area contributed by atoms with E-state index in [1.807, 2.05) is 0 Å². The van der Waals surface area contributed by atoms with Crippen LogP contribution in [-0.2, 0) is 14.6 Å². The van der Waals surface area contributed by atoms with Gasteiger partial charge in [-0.25, -0.2) is 18.0 Å². The van der Waals surface area contributed by atoms with E-state index in [0.29, 0.717) is 12.8 Å². The Kier molecular flexibility index (Phi) is 5.38. The van der Waals surface area contributed by atoms with E-state index in [9.17, 15) is 23.1 Å². The second-order valence-electron chi connectivity index (χ2n) is 5.43. The molecule has 0 aliphatic heterocycles. The molecule has 0 aromatic heterocycles. The topological polar surface area (TPSA) is 104 Å². The molecule has 8 heteroatoms. The van der Waals surface area contributed by atoms with Crippen LogP contribution in [0.1, 0.15) is 32.1 Å². The highest BCUT2D eigenvalue weighted by atomic mass is 32.2. The second-order valence-corrected chi connectivity index (χ2v) is 7.69. The Bertz CT molecular complexity index is 468. The highest BCUT2D eigenvalue weighted by Crippen LogP contribution is 2.28. The molecular formula is C12H22N2O5S. The van der Waals surface area contributed by atoms with E-state index >= 15 is 0 Å². The van der Waals surface area contributed by atoms with E-state index in [4.69, 9.17) is 0 Å². The van der Waals surface area contributed by atoms with Gasteiger partial charge in [-0.1, -0.05) is 19.3 Å². The Balaban J connectivity index is 2.64. The average Bonchev–Trinajstić information content (AvgIpc) is 2.35. The first-order chi connectivity index (χ1) is 9.16. The molecule has 0 radical (unpaired) electrons. The Labute approximate surface area is 119 Å². The summed E-state index contributed by atoms with van der Waals surface area (Å²) in [5, 5.41) is 11.9. The van der Waals surface area contributed by atoms with Gasteiger partial charge in [-0.3, -0.25) is 0 Å². The van der Waals surface area contributed by atoms with Crippen molar-refractivity contribution in [1.82, 2.24) is 10.2 Å². The molecule has 1 fully saturated rings. The first-order valence-electron chi connectivity index (χ1n) is 6.61. The molecule has 0 aromatic carbocycles. The minimum Gasteiger partial charge on any atom is -0.480 e. The number of nitrogens with zero attached hydrogens (tertiary/aromatic N) is 1. The van der Waals surface area contributed by atoms with Gasteiger partial charge in [0.25, 0.3) is 0 Å². The fourth-order valence-electron chi connectivity index (χ4n) is 2.25. The Morgan fingerprint density at radius 2 is 1.80 bits per heavy atom. The summed E-state index contributed by atoms with van der Waals surface area (Å²) in [4.78, 5) is 24.6. The lowest BCUT2D eigenvalue weighted by Gasteiger charge is -2.35. The standard InChI is InChI=1S/C12H22N2O5S/c1-14(8-9-20(2,18)19)11(17)13-12(10(15)16)6-4-3-5-7-12/h3-9H2,1-2H3,(H,13,17)(H,15,16). The Morgan fingerprint density at radius 1 is 1.25 bits per heavy atom. The van der Waals surface area contributed by atoms with Crippen molar-refractivity contribution in [1.29, 1.82) is 0 Å². The molecule has 20 heavy (non-hydrogen) atoms. The van der Waals surface area contributed by atoms with Crippen LogP contribution < -0.4 is 5.32 Å². The lowest BCUT2D eigenvalue weighted by atomic mass is 9.82. The van der Waals surface area contributed by atoms with Crippen LogP contribution in [0, 0.1) is 0 Å². The molecule has 1 aliphatic rings. The van der Waals surface area contributed by atoms with Gasteiger partial charge in [-0.2, -0.15) is 0 Å². The summed E-state index contributed by atoms with van der Waals surface area (Å²) in [7, 11) is -1.70. The number of carbonyl (C=O) groups excluding carboxylic acids is 1. The minimum absolute atomic E-state index is 0.0420. The maximum atomic E-state index is 12.0.